The van der Waals surface area contributed by atoms with Crippen molar-refractivity contribution in [3.05, 3.63) is 59.7 Å². The zero-order valence-corrected chi connectivity index (χ0v) is 20.0. The molecule has 0 unspecified atom stereocenters. The Morgan fingerprint density at radius 3 is 2.56 bits per heavy atom. The number of nitrogens with one attached hydrogen (secondary N) is 1. The average molecular weight is 462 g/mol. The summed E-state index contributed by atoms with van der Waals surface area (Å²) in [7, 11) is 1.64. The van der Waals surface area contributed by atoms with Crippen molar-refractivity contribution in [2.45, 2.75) is 57.6 Å². The van der Waals surface area contributed by atoms with Crippen molar-refractivity contribution >= 4 is 11.8 Å². The molecule has 1 saturated carbocycles. The lowest BCUT2D eigenvalue weighted by molar-refractivity contribution is 0.122. The molecule has 1 aliphatic heterocycles. The number of carbonyl (C=O) groups excluding carboxylic acids is 1. The molecule has 2 fully saturated rings. The number of ether oxygens (including phenoxy) is 2. The highest BCUT2D eigenvalue weighted by molar-refractivity contribution is 5.67. The molecule has 0 aromatic heterocycles. The van der Waals surface area contributed by atoms with E-state index < -0.39 is 0 Å². The molecule has 6 heteroatoms. The number of piperidine rings is 1. The predicted octanol–water partition coefficient (Wildman–Crippen LogP) is 5.66. The van der Waals surface area contributed by atoms with Crippen molar-refractivity contribution in [1.29, 1.82) is 5.26 Å². The van der Waals surface area contributed by atoms with Gasteiger partial charge in [0.2, 0.25) is 0 Å². The molecular formula is C28H35N3O3. The Morgan fingerprint density at radius 2 is 1.82 bits per heavy atom. The molecule has 2 aliphatic rings. The zero-order valence-electron chi connectivity index (χ0n) is 20.0. The first kappa shape index (κ1) is 23.9. The van der Waals surface area contributed by atoms with Gasteiger partial charge in [0.05, 0.1) is 18.7 Å². The van der Waals surface area contributed by atoms with Crippen molar-refractivity contribution in [3.8, 4) is 11.8 Å². The zero-order chi connectivity index (χ0) is 23.8. The van der Waals surface area contributed by atoms with Crippen LogP contribution in [0, 0.1) is 23.2 Å². The lowest BCUT2D eigenvalue weighted by Crippen LogP contribution is -2.44. The SMILES string of the molecule is COc1ccc(COC(=O)N[C@@H]2CCCC[C@H]2C[C@H]2CCCN(c3ccc(C#N)cc3)C2)cc1. The van der Waals surface area contributed by atoms with Crippen LogP contribution in [0.2, 0.25) is 0 Å². The number of nitrogens with zero attached hydrogens (tertiary/aromatic N) is 2. The number of benzene rings is 2. The number of amides is 1. The first-order chi connectivity index (χ1) is 16.6. The van der Waals surface area contributed by atoms with Crippen LogP contribution in [0.15, 0.2) is 48.5 Å². The second-order valence-corrected chi connectivity index (χ2v) is 9.57. The normalized spacial score (nSPS) is 22.5. The summed E-state index contributed by atoms with van der Waals surface area (Å²) in [6.45, 7) is 2.36. The summed E-state index contributed by atoms with van der Waals surface area (Å²) in [5.74, 6) is 1.90. The maximum absolute atomic E-state index is 12.5. The minimum absolute atomic E-state index is 0.183. The van der Waals surface area contributed by atoms with Crippen LogP contribution in [0.4, 0.5) is 10.5 Å². The van der Waals surface area contributed by atoms with Gasteiger partial charge in [-0.2, -0.15) is 5.26 Å². The van der Waals surface area contributed by atoms with Crippen LogP contribution in [0.1, 0.15) is 56.1 Å². The highest BCUT2D eigenvalue weighted by Gasteiger charge is 2.31. The predicted molar refractivity (Wildman–Crippen MR) is 133 cm³/mol. The van der Waals surface area contributed by atoms with Gasteiger partial charge in [-0.15, -0.1) is 0 Å². The molecule has 6 nitrogen and oxygen atoms in total. The van der Waals surface area contributed by atoms with E-state index in [0.29, 0.717) is 17.4 Å². The molecule has 34 heavy (non-hydrogen) atoms. The number of rotatable bonds is 7. The monoisotopic (exact) mass is 461 g/mol. The highest BCUT2D eigenvalue weighted by atomic mass is 16.5. The van der Waals surface area contributed by atoms with Crippen LogP contribution in [0.25, 0.3) is 0 Å². The first-order valence-electron chi connectivity index (χ1n) is 12.5. The molecule has 1 saturated heterocycles. The van der Waals surface area contributed by atoms with E-state index in [-0.39, 0.29) is 18.7 Å². The molecule has 2 aromatic carbocycles. The molecule has 4 rings (SSSR count). The van der Waals surface area contributed by atoms with Crippen LogP contribution in [0.3, 0.4) is 0 Å². The van der Waals surface area contributed by atoms with Crippen LogP contribution < -0.4 is 15.0 Å². The van der Waals surface area contributed by atoms with Gasteiger partial charge in [0, 0.05) is 24.8 Å². The van der Waals surface area contributed by atoms with Crippen LogP contribution in [-0.4, -0.2) is 32.3 Å². The first-order valence-corrected chi connectivity index (χ1v) is 12.5. The Labute approximate surface area is 202 Å². The highest BCUT2D eigenvalue weighted by Crippen LogP contribution is 2.34. The number of anilines is 1. The summed E-state index contributed by atoms with van der Waals surface area (Å²) in [6.07, 6.45) is 7.80. The molecule has 2 aromatic rings. The van der Waals surface area contributed by atoms with Gasteiger partial charge >= 0.3 is 6.09 Å². The van der Waals surface area contributed by atoms with E-state index in [9.17, 15) is 4.79 Å². The second kappa shape index (κ2) is 11.8. The number of methoxy groups -OCH3 is 1. The van der Waals surface area contributed by atoms with Crippen LogP contribution in [0.5, 0.6) is 5.75 Å². The lowest BCUT2D eigenvalue weighted by atomic mass is 9.77. The van der Waals surface area contributed by atoms with E-state index in [4.69, 9.17) is 14.7 Å². The fraction of sp³-hybridized carbons (Fsp3) is 0.500. The Balaban J connectivity index is 1.28. The van der Waals surface area contributed by atoms with E-state index in [1.807, 2.05) is 36.4 Å². The number of carbonyl (C=O) groups is 1. The number of hydrogen-bond donors (Lipinski definition) is 1. The molecule has 3 atom stereocenters. The summed E-state index contributed by atoms with van der Waals surface area (Å²) >= 11 is 0. The number of alkyl carbamates (subject to hydrolysis) is 1. The van der Waals surface area contributed by atoms with Crippen molar-refractivity contribution in [2.75, 3.05) is 25.1 Å². The smallest absolute Gasteiger partial charge is 0.407 e. The molecule has 0 radical (unpaired) electrons. The summed E-state index contributed by atoms with van der Waals surface area (Å²) in [5, 5.41) is 12.2. The van der Waals surface area contributed by atoms with Gasteiger partial charge in [0.15, 0.2) is 0 Å². The minimum Gasteiger partial charge on any atom is -0.497 e. The number of nitriles is 1. The molecule has 180 valence electrons. The van der Waals surface area contributed by atoms with Crippen molar-refractivity contribution in [2.24, 2.45) is 11.8 Å². The molecular weight excluding hydrogens is 426 g/mol. The van der Waals surface area contributed by atoms with Gasteiger partial charge in [-0.25, -0.2) is 4.79 Å². The third-order valence-electron chi connectivity index (χ3n) is 7.26. The van der Waals surface area contributed by atoms with Gasteiger partial charge in [0.25, 0.3) is 0 Å². The van der Waals surface area contributed by atoms with Gasteiger partial charge in [0.1, 0.15) is 12.4 Å². The average Bonchev–Trinajstić information content (AvgIpc) is 2.89. The maximum Gasteiger partial charge on any atom is 0.407 e. The number of hydrogen-bond acceptors (Lipinski definition) is 5. The third kappa shape index (κ3) is 6.44. The van der Waals surface area contributed by atoms with Crippen molar-refractivity contribution < 1.29 is 14.3 Å². The van der Waals surface area contributed by atoms with Gasteiger partial charge in [-0.3, -0.25) is 0 Å². The summed E-state index contributed by atoms with van der Waals surface area (Å²) in [5.41, 5.74) is 2.85. The van der Waals surface area contributed by atoms with Crippen LogP contribution >= 0.6 is 0 Å². The molecule has 1 aliphatic carbocycles. The second-order valence-electron chi connectivity index (χ2n) is 9.57. The standard InChI is InChI=1S/C28H35N3O3/c1-33-26-14-10-22(11-15-26)20-34-28(32)30-27-7-3-2-6-24(27)17-23-5-4-16-31(19-23)25-12-8-21(18-29)9-13-25/h8-15,23-24,27H,2-7,16-17,19-20H2,1H3,(H,30,32)/t23-,24+,27-/m1/s1. The molecule has 1 heterocycles. The molecule has 0 spiro atoms. The van der Waals surface area contributed by atoms with E-state index in [0.717, 1.165) is 50.1 Å². The Bertz CT molecular complexity index is 968. The van der Waals surface area contributed by atoms with E-state index in [2.05, 4.69) is 28.4 Å². The maximum atomic E-state index is 12.5. The van der Waals surface area contributed by atoms with E-state index in [1.165, 1.54) is 24.9 Å². The van der Waals surface area contributed by atoms with Crippen molar-refractivity contribution in [3.63, 3.8) is 0 Å². The summed E-state index contributed by atoms with van der Waals surface area (Å²) in [4.78, 5) is 15.0. The Hall–Kier alpha value is -3.20. The minimum atomic E-state index is -0.324. The lowest BCUT2D eigenvalue weighted by Gasteiger charge is -2.39. The fourth-order valence-corrected chi connectivity index (χ4v) is 5.41. The third-order valence-corrected chi connectivity index (χ3v) is 7.26. The Kier molecular flexibility index (Phi) is 8.30. The molecule has 1 amide bonds. The summed E-state index contributed by atoms with van der Waals surface area (Å²) in [6, 6.07) is 17.9. The van der Waals surface area contributed by atoms with Gasteiger partial charge in [-0.1, -0.05) is 25.0 Å². The quantitative estimate of drug-likeness (QED) is 0.576. The Morgan fingerprint density at radius 1 is 1.06 bits per heavy atom. The molecule has 0 bridgehead atoms. The van der Waals surface area contributed by atoms with E-state index in [1.54, 1.807) is 7.11 Å². The summed E-state index contributed by atoms with van der Waals surface area (Å²) < 4.78 is 10.7. The topological polar surface area (TPSA) is 74.6 Å². The van der Waals surface area contributed by atoms with E-state index >= 15 is 0 Å². The van der Waals surface area contributed by atoms with Crippen LogP contribution in [-0.2, 0) is 11.3 Å². The largest absolute Gasteiger partial charge is 0.497 e. The van der Waals surface area contributed by atoms with Gasteiger partial charge in [-0.05, 0) is 85.9 Å². The fourth-order valence-electron chi connectivity index (χ4n) is 5.41. The molecule has 1 N–H and O–H groups in total. The van der Waals surface area contributed by atoms with Gasteiger partial charge < -0.3 is 19.7 Å². The van der Waals surface area contributed by atoms with Crippen molar-refractivity contribution in [1.82, 2.24) is 5.32 Å².